The minimum Gasteiger partial charge on any atom is -0.550 e. The van der Waals surface area contributed by atoms with E-state index < -0.39 is 11.9 Å². The van der Waals surface area contributed by atoms with Crippen molar-refractivity contribution >= 4 is 11.9 Å². The SMILES string of the molecule is CC(=O)[O-].CC(=O)[O-].OCCO.[Cu+2]. The number of aliphatic hydroxyl groups excluding tert-OH is 2. The Morgan fingerprint density at radius 1 is 1.00 bits per heavy atom. The Morgan fingerprint density at radius 3 is 1.08 bits per heavy atom. The molecule has 0 fully saturated rings. The Hall–Kier alpha value is -0.621. The minimum atomic E-state index is -1.08. The van der Waals surface area contributed by atoms with Gasteiger partial charge in [-0.2, -0.15) is 0 Å². The van der Waals surface area contributed by atoms with Crippen LogP contribution in [0, 0.1) is 0 Å². The summed E-state index contributed by atoms with van der Waals surface area (Å²) in [5.41, 5.74) is 0. The zero-order chi connectivity index (χ0) is 10.6. The molecule has 0 amide bonds. The van der Waals surface area contributed by atoms with Crippen molar-refractivity contribution in [2.45, 2.75) is 13.8 Å². The maximum atomic E-state index is 8.89. The second kappa shape index (κ2) is 22.5. The average Bonchev–Trinajstić information content (AvgIpc) is 1.85. The molecule has 0 saturated carbocycles. The summed E-state index contributed by atoms with van der Waals surface area (Å²) in [5, 5.41) is 33.0. The van der Waals surface area contributed by atoms with Gasteiger partial charge < -0.3 is 30.0 Å². The summed E-state index contributed by atoms with van der Waals surface area (Å²) in [5.74, 6) is -2.17. The molecule has 0 aliphatic rings. The summed E-state index contributed by atoms with van der Waals surface area (Å²) in [4.78, 5) is 17.8. The quantitative estimate of drug-likeness (QED) is 0.461. The van der Waals surface area contributed by atoms with Crippen LogP contribution in [0.3, 0.4) is 0 Å². The van der Waals surface area contributed by atoms with E-state index in [9.17, 15) is 0 Å². The smallest absolute Gasteiger partial charge is 0.550 e. The number of aliphatic carboxylic acids is 2. The van der Waals surface area contributed by atoms with E-state index >= 15 is 0 Å². The van der Waals surface area contributed by atoms with Crippen molar-refractivity contribution in [2.24, 2.45) is 0 Å². The molecule has 0 rings (SSSR count). The predicted molar refractivity (Wildman–Crippen MR) is 35.5 cm³/mol. The molecule has 1 radical (unpaired) electrons. The molecule has 0 aromatic rings. The van der Waals surface area contributed by atoms with Gasteiger partial charge in [-0.1, -0.05) is 0 Å². The molecule has 0 aliphatic carbocycles. The number of carboxylic acid groups (broad SMARTS) is 2. The number of carbonyl (C=O) groups is 2. The first-order chi connectivity index (χ1) is 5.38. The summed E-state index contributed by atoms with van der Waals surface area (Å²) in [7, 11) is 0. The zero-order valence-electron chi connectivity index (χ0n) is 7.24. The maximum absolute atomic E-state index is 8.89. The van der Waals surface area contributed by atoms with E-state index in [1.54, 1.807) is 0 Å². The number of carbonyl (C=O) groups excluding carboxylic acids is 2. The van der Waals surface area contributed by atoms with Gasteiger partial charge in [-0.25, -0.2) is 0 Å². The van der Waals surface area contributed by atoms with E-state index in [-0.39, 0.29) is 30.3 Å². The summed E-state index contributed by atoms with van der Waals surface area (Å²) in [6.45, 7) is 1.69. The molecule has 6 nitrogen and oxygen atoms in total. The zero-order valence-corrected chi connectivity index (χ0v) is 8.18. The molecule has 0 heterocycles. The van der Waals surface area contributed by atoms with Crippen LogP contribution in [0.2, 0.25) is 0 Å². The van der Waals surface area contributed by atoms with Crippen LogP contribution < -0.4 is 10.2 Å². The molecule has 0 aliphatic heterocycles. The van der Waals surface area contributed by atoms with Gasteiger partial charge in [0.15, 0.2) is 0 Å². The van der Waals surface area contributed by atoms with Crippen LogP contribution in [-0.2, 0) is 26.7 Å². The van der Waals surface area contributed by atoms with Gasteiger partial charge in [-0.05, 0) is 13.8 Å². The van der Waals surface area contributed by atoms with Gasteiger partial charge in [0.25, 0.3) is 0 Å². The summed E-state index contributed by atoms with van der Waals surface area (Å²) >= 11 is 0. The predicted octanol–water partition coefficient (Wildman–Crippen LogP) is -3.52. The fourth-order valence-corrected chi connectivity index (χ4v) is 0. The molecule has 13 heavy (non-hydrogen) atoms. The van der Waals surface area contributed by atoms with Crippen LogP contribution in [0.5, 0.6) is 0 Å². The van der Waals surface area contributed by atoms with Crippen LogP contribution in [-0.4, -0.2) is 35.4 Å². The molecular formula is C6H12CuO6. The van der Waals surface area contributed by atoms with Crippen LogP contribution in [0.25, 0.3) is 0 Å². The summed E-state index contributed by atoms with van der Waals surface area (Å²) in [6, 6.07) is 0. The van der Waals surface area contributed by atoms with Crippen molar-refractivity contribution in [3.05, 3.63) is 0 Å². The molecule has 83 valence electrons. The second-order valence-corrected chi connectivity index (χ2v) is 1.43. The van der Waals surface area contributed by atoms with E-state index in [2.05, 4.69) is 0 Å². The van der Waals surface area contributed by atoms with Gasteiger partial charge in [0.1, 0.15) is 0 Å². The van der Waals surface area contributed by atoms with E-state index in [4.69, 9.17) is 30.0 Å². The first-order valence-electron chi connectivity index (χ1n) is 2.95. The Kier molecular flexibility index (Phi) is 39.5. The third-order valence-corrected chi connectivity index (χ3v) is 0.1000. The Morgan fingerprint density at radius 2 is 1.08 bits per heavy atom. The molecule has 0 aromatic carbocycles. The van der Waals surface area contributed by atoms with Crippen LogP contribution in [0.15, 0.2) is 0 Å². The fraction of sp³-hybridized carbons (Fsp3) is 0.667. The van der Waals surface area contributed by atoms with E-state index in [1.165, 1.54) is 0 Å². The maximum Gasteiger partial charge on any atom is 2.00 e. The van der Waals surface area contributed by atoms with Crippen molar-refractivity contribution in [3.8, 4) is 0 Å². The minimum absolute atomic E-state index is 0. The van der Waals surface area contributed by atoms with Crippen molar-refractivity contribution < 1.29 is 47.1 Å². The monoisotopic (exact) mass is 243 g/mol. The Labute approximate surface area is 86.7 Å². The third kappa shape index (κ3) is 6950. The molecule has 2 N–H and O–H groups in total. The molecule has 0 atom stereocenters. The number of hydrogen-bond acceptors (Lipinski definition) is 6. The van der Waals surface area contributed by atoms with E-state index in [0.29, 0.717) is 0 Å². The van der Waals surface area contributed by atoms with Crippen molar-refractivity contribution in [3.63, 3.8) is 0 Å². The van der Waals surface area contributed by atoms with Crippen LogP contribution in [0.1, 0.15) is 13.8 Å². The standard InChI is InChI=1S/2C2H4O2.C2H6O2.Cu/c2*1-2(3)4;3-1-2-4;/h2*1H3,(H,3,4);3-4H,1-2H2;/q;;;+2/p-2. The summed E-state index contributed by atoms with van der Waals surface area (Å²) in [6.07, 6.45) is 0. The van der Waals surface area contributed by atoms with Gasteiger partial charge in [-0.3, -0.25) is 0 Å². The molecule has 0 saturated heterocycles. The van der Waals surface area contributed by atoms with Gasteiger partial charge >= 0.3 is 17.1 Å². The first kappa shape index (κ1) is 22.8. The Bertz CT molecular complexity index is 93.7. The number of carboxylic acids is 2. The van der Waals surface area contributed by atoms with Gasteiger partial charge in [0.2, 0.25) is 0 Å². The van der Waals surface area contributed by atoms with Crippen molar-refractivity contribution in [2.75, 3.05) is 13.2 Å². The summed E-state index contributed by atoms with van der Waals surface area (Å²) < 4.78 is 0. The fourth-order valence-electron chi connectivity index (χ4n) is 0. The number of rotatable bonds is 1. The topological polar surface area (TPSA) is 121 Å². The van der Waals surface area contributed by atoms with Gasteiger partial charge in [0, 0.05) is 11.9 Å². The molecule has 0 bridgehead atoms. The van der Waals surface area contributed by atoms with Gasteiger partial charge in [0.05, 0.1) is 13.2 Å². The van der Waals surface area contributed by atoms with Crippen molar-refractivity contribution in [1.82, 2.24) is 0 Å². The van der Waals surface area contributed by atoms with E-state index in [1.807, 2.05) is 0 Å². The second-order valence-electron chi connectivity index (χ2n) is 1.43. The van der Waals surface area contributed by atoms with Gasteiger partial charge in [-0.15, -0.1) is 0 Å². The van der Waals surface area contributed by atoms with Crippen molar-refractivity contribution in [1.29, 1.82) is 0 Å². The normalized spacial score (nSPS) is 6.15. The number of aliphatic hydroxyl groups is 2. The molecule has 0 unspecified atom stereocenters. The third-order valence-electron chi connectivity index (χ3n) is 0.1000. The Balaban J connectivity index is -0.0000000450. The average molecular weight is 244 g/mol. The molecule has 7 heteroatoms. The molecule has 0 aromatic heterocycles. The van der Waals surface area contributed by atoms with Crippen LogP contribution >= 0.6 is 0 Å². The number of hydrogen-bond donors (Lipinski definition) is 2. The first-order valence-corrected chi connectivity index (χ1v) is 2.95. The largest absolute Gasteiger partial charge is 2.00 e. The van der Waals surface area contributed by atoms with E-state index in [0.717, 1.165) is 13.8 Å². The molecular weight excluding hydrogens is 232 g/mol. The molecule has 0 spiro atoms. The van der Waals surface area contributed by atoms with Crippen LogP contribution in [0.4, 0.5) is 0 Å².